The first kappa shape index (κ1) is 25.0. The van der Waals surface area contributed by atoms with E-state index in [-0.39, 0.29) is 17.6 Å². The summed E-state index contributed by atoms with van der Waals surface area (Å²) in [4.78, 5) is 15.2. The monoisotopic (exact) mass is 531 g/mol. The third-order valence-electron chi connectivity index (χ3n) is 5.76. The van der Waals surface area contributed by atoms with Gasteiger partial charge in [-0.05, 0) is 62.5 Å². The maximum Gasteiger partial charge on any atom is 0.573 e. The van der Waals surface area contributed by atoms with Crippen LogP contribution >= 0.6 is 11.3 Å². The van der Waals surface area contributed by atoms with E-state index in [1.807, 2.05) is 31.1 Å². The number of anilines is 1. The lowest BCUT2D eigenvalue weighted by Gasteiger charge is -2.24. The SMILES string of the molecule is CN(C)CCOc1cc(-c2ccnc(N)n2)cc2sc(C3COc4ccc(OC(F)(F)F)cc4C3)nc12. The van der Waals surface area contributed by atoms with Crippen LogP contribution in [0.1, 0.15) is 16.5 Å². The first-order valence-electron chi connectivity index (χ1n) is 11.5. The summed E-state index contributed by atoms with van der Waals surface area (Å²) in [6.45, 7) is 1.55. The predicted molar refractivity (Wildman–Crippen MR) is 134 cm³/mol. The molecule has 2 aromatic carbocycles. The molecule has 0 amide bonds. The molecule has 1 aliphatic rings. The Labute approximate surface area is 214 Å². The lowest BCUT2D eigenvalue weighted by Crippen LogP contribution is -2.20. The lowest BCUT2D eigenvalue weighted by atomic mass is 9.97. The predicted octanol–water partition coefficient (Wildman–Crippen LogP) is 4.89. The number of likely N-dealkylation sites (N-methyl/N-ethyl adjacent to an activating group) is 1. The Bertz CT molecular complexity index is 1430. The molecule has 0 spiro atoms. The van der Waals surface area contributed by atoms with Crippen molar-refractivity contribution < 1.29 is 27.4 Å². The fraction of sp³-hybridized carbons (Fsp3) is 0.320. The van der Waals surface area contributed by atoms with Crippen LogP contribution in [0.5, 0.6) is 17.2 Å². The average molecular weight is 532 g/mol. The molecule has 3 heterocycles. The van der Waals surface area contributed by atoms with Gasteiger partial charge in [0.15, 0.2) is 0 Å². The number of nitrogen functional groups attached to an aromatic ring is 1. The standard InChI is InChI=1S/C25H24F3N5O3S/c1-33(2)7-8-34-20-11-14(18-5-6-30-24(29)31-18)12-21-22(20)32-23(37-21)16-9-15-10-17(36-25(26,27)28)3-4-19(15)35-13-16/h3-6,10-12,16H,7-9,13H2,1-2H3,(H2,29,30,31). The molecule has 0 fully saturated rings. The Hall–Kier alpha value is -3.64. The summed E-state index contributed by atoms with van der Waals surface area (Å²) < 4.78 is 55.0. The van der Waals surface area contributed by atoms with Crippen LogP contribution in [0.15, 0.2) is 42.6 Å². The van der Waals surface area contributed by atoms with Crippen LogP contribution < -0.4 is 19.9 Å². The number of benzene rings is 2. The van der Waals surface area contributed by atoms with Gasteiger partial charge in [-0.15, -0.1) is 24.5 Å². The minimum atomic E-state index is -4.76. The summed E-state index contributed by atoms with van der Waals surface area (Å²) in [6, 6.07) is 9.76. The van der Waals surface area contributed by atoms with E-state index in [0.717, 1.165) is 21.8 Å². The van der Waals surface area contributed by atoms with Crippen molar-refractivity contribution >= 4 is 27.5 Å². The fourth-order valence-electron chi connectivity index (χ4n) is 4.05. The summed E-state index contributed by atoms with van der Waals surface area (Å²) >= 11 is 1.49. The molecule has 2 aromatic heterocycles. The van der Waals surface area contributed by atoms with Crippen LogP contribution in [0.3, 0.4) is 0 Å². The van der Waals surface area contributed by atoms with Gasteiger partial charge in [-0.2, -0.15) is 0 Å². The average Bonchev–Trinajstić information content (AvgIpc) is 3.27. The Morgan fingerprint density at radius 3 is 2.76 bits per heavy atom. The zero-order chi connectivity index (χ0) is 26.2. The van der Waals surface area contributed by atoms with E-state index >= 15 is 0 Å². The van der Waals surface area contributed by atoms with Crippen molar-refractivity contribution in [3.05, 3.63) is 53.2 Å². The van der Waals surface area contributed by atoms with Gasteiger partial charge in [-0.1, -0.05) is 0 Å². The molecular weight excluding hydrogens is 507 g/mol. The van der Waals surface area contributed by atoms with E-state index in [0.29, 0.717) is 47.9 Å². The largest absolute Gasteiger partial charge is 0.573 e. The minimum Gasteiger partial charge on any atom is -0.493 e. The second kappa shape index (κ2) is 10.0. The van der Waals surface area contributed by atoms with Gasteiger partial charge in [0.05, 0.1) is 17.0 Å². The highest BCUT2D eigenvalue weighted by Gasteiger charge is 2.32. The van der Waals surface area contributed by atoms with Crippen LogP contribution in [-0.2, 0) is 6.42 Å². The molecular formula is C25H24F3N5O3S. The lowest BCUT2D eigenvalue weighted by molar-refractivity contribution is -0.274. The zero-order valence-electron chi connectivity index (χ0n) is 20.1. The second-order valence-electron chi connectivity index (χ2n) is 8.85. The van der Waals surface area contributed by atoms with Crippen LogP contribution in [0.2, 0.25) is 0 Å². The Morgan fingerprint density at radius 1 is 1.16 bits per heavy atom. The first-order valence-corrected chi connectivity index (χ1v) is 12.3. The molecule has 37 heavy (non-hydrogen) atoms. The summed E-state index contributed by atoms with van der Waals surface area (Å²) in [5.41, 5.74) is 8.62. The molecule has 5 rings (SSSR count). The molecule has 1 atom stereocenters. The van der Waals surface area contributed by atoms with Crippen LogP contribution in [0, 0.1) is 0 Å². The van der Waals surface area contributed by atoms with E-state index in [1.165, 1.54) is 29.5 Å². The van der Waals surface area contributed by atoms with Crippen LogP contribution in [0.25, 0.3) is 21.5 Å². The smallest absolute Gasteiger partial charge is 0.493 e. The molecule has 1 aliphatic heterocycles. The van der Waals surface area contributed by atoms with Crippen LogP contribution in [0.4, 0.5) is 19.1 Å². The number of hydrogen-bond acceptors (Lipinski definition) is 9. The molecule has 4 aromatic rings. The molecule has 8 nitrogen and oxygen atoms in total. The minimum absolute atomic E-state index is 0.140. The van der Waals surface area contributed by atoms with Gasteiger partial charge < -0.3 is 24.8 Å². The highest BCUT2D eigenvalue weighted by molar-refractivity contribution is 7.18. The summed E-state index contributed by atoms with van der Waals surface area (Å²) in [5, 5.41) is 0.805. The molecule has 194 valence electrons. The van der Waals surface area contributed by atoms with Crippen molar-refractivity contribution in [2.45, 2.75) is 18.7 Å². The van der Waals surface area contributed by atoms with Crippen molar-refractivity contribution in [3.63, 3.8) is 0 Å². The molecule has 0 aliphatic carbocycles. The highest BCUT2D eigenvalue weighted by atomic mass is 32.1. The third kappa shape index (κ3) is 5.86. The van der Waals surface area contributed by atoms with E-state index in [4.69, 9.17) is 20.2 Å². The first-order chi connectivity index (χ1) is 17.6. The van der Waals surface area contributed by atoms with E-state index in [1.54, 1.807) is 12.3 Å². The number of ether oxygens (including phenoxy) is 3. The van der Waals surface area contributed by atoms with Gasteiger partial charge in [0.1, 0.15) is 34.4 Å². The van der Waals surface area contributed by atoms with Gasteiger partial charge in [0.2, 0.25) is 5.95 Å². The topological polar surface area (TPSA) is 95.6 Å². The highest BCUT2D eigenvalue weighted by Crippen LogP contribution is 2.41. The number of nitrogens with two attached hydrogens (primary N) is 1. The quantitative estimate of drug-likeness (QED) is 0.360. The molecule has 0 saturated carbocycles. The Balaban J connectivity index is 1.48. The number of rotatable bonds is 7. The van der Waals surface area contributed by atoms with Crippen molar-refractivity contribution in [2.24, 2.45) is 0 Å². The third-order valence-corrected chi connectivity index (χ3v) is 6.93. The molecule has 2 N–H and O–H groups in total. The Morgan fingerprint density at radius 2 is 2.00 bits per heavy atom. The molecule has 0 bridgehead atoms. The van der Waals surface area contributed by atoms with Gasteiger partial charge in [0, 0.05) is 24.2 Å². The maximum absolute atomic E-state index is 12.7. The molecule has 0 saturated heterocycles. The van der Waals surface area contributed by atoms with Gasteiger partial charge in [-0.3, -0.25) is 0 Å². The molecule has 0 radical (unpaired) electrons. The van der Waals surface area contributed by atoms with E-state index in [9.17, 15) is 13.2 Å². The number of alkyl halides is 3. The van der Waals surface area contributed by atoms with Crippen molar-refractivity contribution in [1.29, 1.82) is 0 Å². The number of nitrogens with zero attached hydrogens (tertiary/aromatic N) is 4. The number of aromatic nitrogens is 3. The summed E-state index contributed by atoms with van der Waals surface area (Å²) in [6.07, 6.45) is -2.69. The zero-order valence-corrected chi connectivity index (χ0v) is 20.9. The summed E-state index contributed by atoms with van der Waals surface area (Å²) in [7, 11) is 3.93. The van der Waals surface area contributed by atoms with Crippen molar-refractivity contribution in [2.75, 3.05) is 39.6 Å². The fourth-order valence-corrected chi connectivity index (χ4v) is 5.16. The van der Waals surface area contributed by atoms with Gasteiger partial charge in [0.25, 0.3) is 0 Å². The van der Waals surface area contributed by atoms with E-state index in [2.05, 4.69) is 14.7 Å². The Kier molecular flexibility index (Phi) is 6.78. The number of thiazole rings is 1. The summed E-state index contributed by atoms with van der Waals surface area (Å²) in [5.74, 6) is 0.920. The van der Waals surface area contributed by atoms with Gasteiger partial charge in [-0.25, -0.2) is 15.0 Å². The van der Waals surface area contributed by atoms with E-state index < -0.39 is 6.36 Å². The van der Waals surface area contributed by atoms with Gasteiger partial charge >= 0.3 is 6.36 Å². The normalized spacial score (nSPS) is 15.5. The number of hydrogen-bond donors (Lipinski definition) is 1. The number of halogens is 3. The van der Waals surface area contributed by atoms with Crippen molar-refractivity contribution in [1.82, 2.24) is 19.9 Å². The van der Waals surface area contributed by atoms with Crippen LogP contribution in [-0.4, -0.2) is 60.1 Å². The van der Waals surface area contributed by atoms with Crippen molar-refractivity contribution in [3.8, 4) is 28.5 Å². The molecule has 12 heteroatoms. The number of fused-ring (bicyclic) bond motifs is 2. The second-order valence-corrected chi connectivity index (χ2v) is 9.92. The molecule has 1 unspecified atom stereocenters. The maximum atomic E-state index is 12.7.